The lowest BCUT2D eigenvalue weighted by Crippen LogP contribution is -2.22. The van der Waals surface area contributed by atoms with Gasteiger partial charge in [-0.2, -0.15) is 4.39 Å². The summed E-state index contributed by atoms with van der Waals surface area (Å²) in [5.41, 5.74) is 0.303. The van der Waals surface area contributed by atoms with Crippen LogP contribution < -0.4 is 5.32 Å². The van der Waals surface area contributed by atoms with E-state index in [4.69, 9.17) is 0 Å². The maximum Gasteiger partial charge on any atom is 0.304 e. The first kappa shape index (κ1) is 13.7. The maximum absolute atomic E-state index is 13.4. The Morgan fingerprint density at radius 1 is 1.20 bits per heavy atom. The molecule has 0 aliphatic heterocycles. The molecule has 2 aromatic rings. The van der Waals surface area contributed by atoms with Gasteiger partial charge in [0, 0.05) is 18.2 Å². The Kier molecular flexibility index (Phi) is 4.05. The Bertz CT molecular complexity index is 644. The van der Waals surface area contributed by atoms with E-state index in [0.717, 1.165) is 17.7 Å². The van der Waals surface area contributed by atoms with Gasteiger partial charge >= 0.3 is 5.69 Å². The third kappa shape index (κ3) is 3.17. The monoisotopic (exact) mass is 274 g/mol. The maximum atomic E-state index is 13.4. The van der Waals surface area contributed by atoms with Gasteiger partial charge in [0.15, 0.2) is 0 Å². The third-order valence-electron chi connectivity index (χ3n) is 2.70. The van der Waals surface area contributed by atoms with Crippen LogP contribution in [0.25, 0.3) is 0 Å². The van der Waals surface area contributed by atoms with Gasteiger partial charge in [0.25, 0.3) is 5.91 Å². The highest BCUT2D eigenvalue weighted by molar-refractivity contribution is 5.94. The van der Waals surface area contributed by atoms with E-state index in [1.54, 1.807) is 0 Å². The number of hydrogen-bond donors (Lipinski definition) is 1. The molecule has 102 valence electrons. The number of nitrogens with one attached hydrogen (secondary N) is 1. The molecule has 0 aliphatic rings. The smallest absolute Gasteiger partial charge is 0.304 e. The van der Waals surface area contributed by atoms with Gasteiger partial charge in [0.1, 0.15) is 0 Å². The Morgan fingerprint density at radius 2 is 1.90 bits per heavy atom. The molecule has 0 unspecified atom stereocenters. The van der Waals surface area contributed by atoms with E-state index in [2.05, 4.69) is 5.32 Å². The molecule has 6 heteroatoms. The molecular formula is C14H11FN2O3. The molecule has 2 rings (SSSR count). The van der Waals surface area contributed by atoms with E-state index < -0.39 is 22.3 Å². The molecule has 0 radical (unpaired) electrons. The Hall–Kier alpha value is -2.76. The second kappa shape index (κ2) is 5.92. The summed E-state index contributed by atoms with van der Waals surface area (Å²) in [6, 6.07) is 12.3. The molecule has 0 bridgehead atoms. The van der Waals surface area contributed by atoms with Crippen LogP contribution in [0.15, 0.2) is 48.5 Å². The van der Waals surface area contributed by atoms with Crippen LogP contribution in [-0.2, 0) is 6.54 Å². The quantitative estimate of drug-likeness (QED) is 0.688. The first-order valence-electron chi connectivity index (χ1n) is 5.84. The topological polar surface area (TPSA) is 72.2 Å². The van der Waals surface area contributed by atoms with Crippen LogP contribution in [0.5, 0.6) is 0 Å². The van der Waals surface area contributed by atoms with E-state index in [0.29, 0.717) is 6.54 Å². The number of nitrogens with zero attached hydrogens (tertiary/aromatic N) is 1. The number of benzene rings is 2. The Labute approximate surface area is 114 Å². The highest BCUT2D eigenvalue weighted by Gasteiger charge is 2.16. The molecule has 0 aliphatic carbocycles. The van der Waals surface area contributed by atoms with Gasteiger partial charge in [-0.05, 0) is 17.7 Å². The summed E-state index contributed by atoms with van der Waals surface area (Å²) in [6.07, 6.45) is 0. The van der Waals surface area contributed by atoms with E-state index in [1.807, 2.05) is 30.3 Å². The third-order valence-corrected chi connectivity index (χ3v) is 2.70. The van der Waals surface area contributed by atoms with Crippen molar-refractivity contribution >= 4 is 11.6 Å². The normalized spacial score (nSPS) is 10.1. The first-order chi connectivity index (χ1) is 9.58. The highest BCUT2D eigenvalue weighted by Crippen LogP contribution is 2.17. The predicted octanol–water partition coefficient (Wildman–Crippen LogP) is 2.66. The molecule has 5 nitrogen and oxygen atoms in total. The standard InChI is InChI=1S/C14H11FN2O3/c15-12-8-11(6-7-13(12)17(19)20)14(18)16-9-10-4-2-1-3-5-10/h1-8H,9H2,(H,16,18). The van der Waals surface area contributed by atoms with Crippen LogP contribution in [0.2, 0.25) is 0 Å². The van der Waals surface area contributed by atoms with Crippen molar-refractivity contribution < 1.29 is 14.1 Å². The molecule has 0 atom stereocenters. The first-order valence-corrected chi connectivity index (χ1v) is 5.84. The largest absolute Gasteiger partial charge is 0.348 e. The lowest BCUT2D eigenvalue weighted by molar-refractivity contribution is -0.387. The molecule has 2 aromatic carbocycles. The zero-order chi connectivity index (χ0) is 14.5. The van der Waals surface area contributed by atoms with Crippen molar-refractivity contribution in [3.8, 4) is 0 Å². The summed E-state index contributed by atoms with van der Waals surface area (Å²) in [4.78, 5) is 21.5. The van der Waals surface area contributed by atoms with Gasteiger partial charge in [-0.1, -0.05) is 30.3 Å². The number of halogens is 1. The zero-order valence-corrected chi connectivity index (χ0v) is 10.4. The summed E-state index contributed by atoms with van der Waals surface area (Å²) >= 11 is 0. The van der Waals surface area contributed by atoms with Crippen LogP contribution in [-0.4, -0.2) is 10.8 Å². The number of carbonyl (C=O) groups is 1. The van der Waals surface area contributed by atoms with Crippen LogP contribution >= 0.6 is 0 Å². The van der Waals surface area contributed by atoms with E-state index in [9.17, 15) is 19.3 Å². The van der Waals surface area contributed by atoms with E-state index in [-0.39, 0.29) is 5.56 Å². The number of nitro benzene ring substituents is 1. The second-order valence-corrected chi connectivity index (χ2v) is 4.09. The molecule has 0 spiro atoms. The molecule has 0 saturated heterocycles. The molecule has 1 amide bonds. The fraction of sp³-hybridized carbons (Fsp3) is 0.0714. The lowest BCUT2D eigenvalue weighted by Gasteiger charge is -2.05. The van der Waals surface area contributed by atoms with Gasteiger partial charge < -0.3 is 5.32 Å². The Morgan fingerprint density at radius 3 is 2.50 bits per heavy atom. The number of hydrogen-bond acceptors (Lipinski definition) is 3. The number of rotatable bonds is 4. The van der Waals surface area contributed by atoms with Crippen LogP contribution in [0.3, 0.4) is 0 Å². The lowest BCUT2D eigenvalue weighted by atomic mass is 10.1. The molecule has 20 heavy (non-hydrogen) atoms. The van der Waals surface area contributed by atoms with Gasteiger partial charge in [0.2, 0.25) is 5.82 Å². The minimum atomic E-state index is -1.03. The summed E-state index contributed by atoms with van der Waals surface area (Å²) in [5.74, 6) is -1.51. The van der Waals surface area contributed by atoms with Gasteiger partial charge in [-0.15, -0.1) is 0 Å². The molecule has 0 heterocycles. The molecule has 0 saturated carbocycles. The fourth-order valence-corrected chi connectivity index (χ4v) is 1.68. The minimum Gasteiger partial charge on any atom is -0.348 e. The van der Waals surface area contributed by atoms with Crippen LogP contribution in [0.1, 0.15) is 15.9 Å². The highest BCUT2D eigenvalue weighted by atomic mass is 19.1. The number of amides is 1. The Balaban J connectivity index is 2.06. The van der Waals surface area contributed by atoms with Gasteiger partial charge in [-0.25, -0.2) is 0 Å². The van der Waals surface area contributed by atoms with Crippen LogP contribution in [0.4, 0.5) is 10.1 Å². The summed E-state index contributed by atoms with van der Waals surface area (Å²) in [7, 11) is 0. The van der Waals surface area contributed by atoms with Crippen molar-refractivity contribution in [1.82, 2.24) is 5.32 Å². The van der Waals surface area contributed by atoms with Crippen molar-refractivity contribution in [1.29, 1.82) is 0 Å². The summed E-state index contributed by atoms with van der Waals surface area (Å²) < 4.78 is 13.4. The van der Waals surface area contributed by atoms with Crippen molar-refractivity contribution in [3.63, 3.8) is 0 Å². The van der Waals surface area contributed by atoms with Gasteiger partial charge in [-0.3, -0.25) is 14.9 Å². The molecule has 0 aromatic heterocycles. The van der Waals surface area contributed by atoms with Crippen LogP contribution in [0, 0.1) is 15.9 Å². The average molecular weight is 274 g/mol. The van der Waals surface area contributed by atoms with Crippen molar-refractivity contribution in [2.45, 2.75) is 6.54 Å². The second-order valence-electron chi connectivity index (χ2n) is 4.09. The van der Waals surface area contributed by atoms with Gasteiger partial charge in [0.05, 0.1) is 4.92 Å². The molecular weight excluding hydrogens is 263 g/mol. The summed E-state index contributed by atoms with van der Waals surface area (Å²) in [5, 5.41) is 13.1. The van der Waals surface area contributed by atoms with Crippen molar-refractivity contribution in [2.75, 3.05) is 0 Å². The minimum absolute atomic E-state index is 0.0454. The van der Waals surface area contributed by atoms with Crippen molar-refractivity contribution in [3.05, 3.63) is 75.6 Å². The zero-order valence-electron chi connectivity index (χ0n) is 10.4. The van der Waals surface area contributed by atoms with E-state index >= 15 is 0 Å². The molecule has 0 fully saturated rings. The summed E-state index contributed by atoms with van der Waals surface area (Å²) in [6.45, 7) is 0.304. The predicted molar refractivity (Wildman–Crippen MR) is 70.7 cm³/mol. The number of nitro groups is 1. The van der Waals surface area contributed by atoms with Crippen molar-refractivity contribution in [2.24, 2.45) is 0 Å². The molecule has 1 N–H and O–H groups in total. The van der Waals surface area contributed by atoms with E-state index in [1.165, 1.54) is 6.07 Å². The number of carbonyl (C=O) groups excluding carboxylic acids is 1. The fourth-order valence-electron chi connectivity index (χ4n) is 1.68. The SMILES string of the molecule is O=C(NCc1ccccc1)c1ccc([N+](=O)[O-])c(F)c1. The average Bonchev–Trinajstić information content (AvgIpc) is 2.45.